The van der Waals surface area contributed by atoms with Gasteiger partial charge < -0.3 is 10.5 Å². The first kappa shape index (κ1) is 16.1. The van der Waals surface area contributed by atoms with Crippen LogP contribution in [0.4, 0.5) is 0 Å². The maximum atomic E-state index is 11.6. The zero-order valence-electron chi connectivity index (χ0n) is 11.2. The largest absolute Gasteiger partial charge is 0.385 e. The van der Waals surface area contributed by atoms with Crippen LogP contribution in [-0.4, -0.2) is 34.4 Å². The monoisotopic (exact) mass is 286 g/mol. The van der Waals surface area contributed by atoms with Crippen LogP contribution in [0.15, 0.2) is 30.3 Å². The average Bonchev–Trinajstić information content (AvgIpc) is 2.39. The molecule has 0 aliphatic heterocycles. The van der Waals surface area contributed by atoms with Crippen LogP contribution < -0.4 is 10.5 Å². The lowest BCUT2D eigenvalue weighted by atomic mass is 10.1. The summed E-state index contributed by atoms with van der Waals surface area (Å²) in [5, 5.41) is 0. The third-order valence-corrected chi connectivity index (χ3v) is 4.24. The van der Waals surface area contributed by atoms with Gasteiger partial charge in [0.1, 0.15) is 0 Å². The van der Waals surface area contributed by atoms with Gasteiger partial charge >= 0.3 is 0 Å². The predicted molar refractivity (Wildman–Crippen MR) is 76.3 cm³/mol. The van der Waals surface area contributed by atoms with E-state index in [1.807, 2.05) is 30.3 Å². The Bertz CT molecular complexity index is 448. The highest BCUT2D eigenvalue weighted by Crippen LogP contribution is 2.12. The molecular weight excluding hydrogens is 264 g/mol. The summed E-state index contributed by atoms with van der Waals surface area (Å²) in [5.74, 6) is 0.0847. The molecule has 1 unspecified atom stereocenters. The second kappa shape index (κ2) is 8.27. The summed E-state index contributed by atoms with van der Waals surface area (Å²) in [6.45, 7) is 0.801. The summed E-state index contributed by atoms with van der Waals surface area (Å²) < 4.78 is 30.6. The summed E-state index contributed by atoms with van der Waals surface area (Å²) in [6.07, 6.45) is 1.07. The molecule has 0 aromatic heterocycles. The van der Waals surface area contributed by atoms with Gasteiger partial charge in [-0.1, -0.05) is 30.3 Å². The summed E-state index contributed by atoms with van der Waals surface area (Å²) in [7, 11) is -1.66. The molecule has 19 heavy (non-hydrogen) atoms. The van der Waals surface area contributed by atoms with E-state index in [2.05, 4.69) is 4.72 Å². The fourth-order valence-corrected chi connectivity index (χ4v) is 2.77. The Morgan fingerprint density at radius 2 is 2.00 bits per heavy atom. The van der Waals surface area contributed by atoms with Gasteiger partial charge in [0.05, 0.1) is 5.75 Å². The number of hydrogen-bond acceptors (Lipinski definition) is 4. The zero-order valence-corrected chi connectivity index (χ0v) is 12.0. The molecule has 108 valence electrons. The lowest BCUT2D eigenvalue weighted by Crippen LogP contribution is -2.29. The van der Waals surface area contributed by atoms with Crippen LogP contribution in [-0.2, 0) is 14.8 Å². The molecular formula is C13H22N2O3S. The number of ether oxygens (including phenoxy) is 1. The Morgan fingerprint density at radius 3 is 2.63 bits per heavy atom. The van der Waals surface area contributed by atoms with E-state index in [-0.39, 0.29) is 11.8 Å². The smallest absolute Gasteiger partial charge is 0.211 e. The van der Waals surface area contributed by atoms with Crippen molar-refractivity contribution in [2.24, 2.45) is 5.73 Å². The van der Waals surface area contributed by atoms with Crippen LogP contribution >= 0.6 is 0 Å². The molecule has 0 bridgehead atoms. The van der Waals surface area contributed by atoms with Crippen LogP contribution in [0, 0.1) is 0 Å². The van der Waals surface area contributed by atoms with Gasteiger partial charge in [0.15, 0.2) is 0 Å². The second-order valence-electron chi connectivity index (χ2n) is 4.37. The third-order valence-electron chi connectivity index (χ3n) is 2.77. The Balaban J connectivity index is 2.30. The maximum Gasteiger partial charge on any atom is 0.211 e. The van der Waals surface area contributed by atoms with E-state index in [1.54, 1.807) is 7.11 Å². The van der Waals surface area contributed by atoms with Crippen molar-refractivity contribution >= 4 is 10.0 Å². The Hall–Kier alpha value is -0.950. The maximum absolute atomic E-state index is 11.6. The summed E-state index contributed by atoms with van der Waals surface area (Å²) in [4.78, 5) is 0. The highest BCUT2D eigenvalue weighted by atomic mass is 32.2. The van der Waals surface area contributed by atoms with Crippen LogP contribution in [0.3, 0.4) is 0 Å². The second-order valence-corrected chi connectivity index (χ2v) is 6.29. The van der Waals surface area contributed by atoms with E-state index in [1.165, 1.54) is 0 Å². The van der Waals surface area contributed by atoms with Gasteiger partial charge in [0, 0.05) is 26.3 Å². The van der Waals surface area contributed by atoms with Crippen molar-refractivity contribution in [1.82, 2.24) is 4.72 Å². The standard InChI is InChI=1S/C13H22N2O3S/c1-18-10-5-11-19(16,17)15-9-8-13(14)12-6-3-2-4-7-12/h2-4,6-7,13,15H,5,8-11,14H2,1H3. The number of nitrogens with two attached hydrogens (primary N) is 1. The van der Waals surface area contributed by atoms with Crippen molar-refractivity contribution in [2.45, 2.75) is 18.9 Å². The highest BCUT2D eigenvalue weighted by Gasteiger charge is 2.11. The van der Waals surface area contributed by atoms with Gasteiger partial charge in [-0.15, -0.1) is 0 Å². The molecule has 0 heterocycles. The fourth-order valence-electron chi connectivity index (χ4n) is 1.70. The van der Waals surface area contributed by atoms with E-state index in [4.69, 9.17) is 10.5 Å². The predicted octanol–water partition coefficient (Wildman–Crippen LogP) is 1.03. The normalized spacial score (nSPS) is 13.4. The molecule has 1 aromatic rings. The van der Waals surface area contributed by atoms with Crippen molar-refractivity contribution < 1.29 is 13.2 Å². The minimum Gasteiger partial charge on any atom is -0.385 e. The molecule has 5 nitrogen and oxygen atoms in total. The summed E-state index contributed by atoms with van der Waals surface area (Å²) in [5.41, 5.74) is 7.01. The molecule has 0 fully saturated rings. The number of methoxy groups -OCH3 is 1. The lowest BCUT2D eigenvalue weighted by Gasteiger charge is -2.12. The van der Waals surface area contributed by atoms with Crippen LogP contribution in [0.5, 0.6) is 0 Å². The van der Waals surface area contributed by atoms with E-state index in [9.17, 15) is 8.42 Å². The molecule has 0 aliphatic carbocycles. The molecule has 0 radical (unpaired) electrons. The first-order chi connectivity index (χ1) is 9.05. The molecule has 6 heteroatoms. The summed E-state index contributed by atoms with van der Waals surface area (Å²) in [6, 6.07) is 9.50. The zero-order chi connectivity index (χ0) is 14.1. The molecule has 0 spiro atoms. The third kappa shape index (κ3) is 6.68. The van der Waals surface area contributed by atoms with E-state index < -0.39 is 10.0 Å². The minimum absolute atomic E-state index is 0.0847. The van der Waals surface area contributed by atoms with Crippen molar-refractivity contribution in [2.75, 3.05) is 26.0 Å². The highest BCUT2D eigenvalue weighted by molar-refractivity contribution is 7.89. The lowest BCUT2D eigenvalue weighted by molar-refractivity contribution is 0.199. The van der Waals surface area contributed by atoms with Gasteiger partial charge in [0.25, 0.3) is 0 Å². The Morgan fingerprint density at radius 1 is 1.32 bits per heavy atom. The molecule has 3 N–H and O–H groups in total. The molecule has 1 aromatic carbocycles. The molecule has 0 aliphatic rings. The van der Waals surface area contributed by atoms with Crippen molar-refractivity contribution in [3.8, 4) is 0 Å². The number of hydrogen-bond donors (Lipinski definition) is 2. The minimum atomic E-state index is -3.22. The first-order valence-corrected chi connectivity index (χ1v) is 7.97. The molecule has 0 saturated heterocycles. The topological polar surface area (TPSA) is 81.4 Å². The van der Waals surface area contributed by atoms with E-state index in [0.717, 1.165) is 5.56 Å². The molecule has 1 atom stereocenters. The van der Waals surface area contributed by atoms with Crippen LogP contribution in [0.2, 0.25) is 0 Å². The van der Waals surface area contributed by atoms with Crippen LogP contribution in [0.25, 0.3) is 0 Å². The van der Waals surface area contributed by atoms with Gasteiger partial charge in [0.2, 0.25) is 10.0 Å². The van der Waals surface area contributed by atoms with Gasteiger partial charge in [-0.2, -0.15) is 0 Å². The molecule has 0 amide bonds. The van der Waals surface area contributed by atoms with E-state index in [0.29, 0.717) is 26.0 Å². The fraction of sp³-hybridized carbons (Fsp3) is 0.538. The van der Waals surface area contributed by atoms with Crippen molar-refractivity contribution in [3.63, 3.8) is 0 Å². The number of benzene rings is 1. The Kier molecular flexibility index (Phi) is 7.01. The van der Waals surface area contributed by atoms with Gasteiger partial charge in [-0.25, -0.2) is 13.1 Å². The van der Waals surface area contributed by atoms with Crippen molar-refractivity contribution in [1.29, 1.82) is 0 Å². The van der Waals surface area contributed by atoms with Gasteiger partial charge in [-0.3, -0.25) is 0 Å². The first-order valence-electron chi connectivity index (χ1n) is 6.32. The van der Waals surface area contributed by atoms with Crippen LogP contribution in [0.1, 0.15) is 24.4 Å². The number of nitrogens with one attached hydrogen (secondary N) is 1. The SMILES string of the molecule is COCCCS(=O)(=O)NCCC(N)c1ccccc1. The number of rotatable bonds is 9. The van der Waals surface area contributed by atoms with E-state index >= 15 is 0 Å². The van der Waals surface area contributed by atoms with Crippen molar-refractivity contribution in [3.05, 3.63) is 35.9 Å². The summed E-state index contributed by atoms with van der Waals surface area (Å²) >= 11 is 0. The van der Waals surface area contributed by atoms with Gasteiger partial charge in [-0.05, 0) is 18.4 Å². The quantitative estimate of drug-likeness (QED) is 0.664. The number of sulfonamides is 1. The average molecular weight is 286 g/mol. The molecule has 1 rings (SSSR count). The molecule has 0 saturated carbocycles. The Labute approximate surface area is 115 Å².